The number of hydrogen-bond acceptors (Lipinski definition) is 2. The lowest BCUT2D eigenvalue weighted by molar-refractivity contribution is 0.157. The van der Waals surface area contributed by atoms with E-state index in [0.29, 0.717) is 0 Å². The predicted octanol–water partition coefficient (Wildman–Crippen LogP) is 1.78. The van der Waals surface area contributed by atoms with Crippen LogP contribution in [0.2, 0.25) is 0 Å². The summed E-state index contributed by atoms with van der Waals surface area (Å²) >= 11 is 0. The maximum atomic E-state index is 8.99. The van der Waals surface area contributed by atoms with E-state index in [1.54, 1.807) is 0 Å². The van der Waals surface area contributed by atoms with Crippen molar-refractivity contribution in [2.45, 2.75) is 45.6 Å². The number of aliphatic hydroxyl groups excluding tert-OH is 1. The summed E-state index contributed by atoms with van der Waals surface area (Å²) in [7, 11) is 3.75. The van der Waals surface area contributed by atoms with Gasteiger partial charge >= 0.3 is 0 Å². The van der Waals surface area contributed by atoms with E-state index < -0.39 is 0 Å². The average molecular weight is 161 g/mol. The van der Waals surface area contributed by atoms with Gasteiger partial charge in [-0.3, -0.25) is 0 Å². The minimum Gasteiger partial charge on any atom is -0.393 e. The molecule has 0 spiro atoms. The van der Waals surface area contributed by atoms with Crippen LogP contribution in [0, 0.1) is 0 Å². The van der Waals surface area contributed by atoms with Gasteiger partial charge in [0.05, 0.1) is 6.10 Å². The predicted molar refractivity (Wildman–Crippen MR) is 50.8 cm³/mol. The quantitative estimate of drug-likeness (QED) is 0.659. The van der Waals surface area contributed by atoms with Crippen LogP contribution in [0.25, 0.3) is 0 Å². The molecule has 11 heavy (non-hydrogen) atoms. The zero-order valence-electron chi connectivity index (χ0n) is 8.35. The van der Waals surface area contributed by atoms with E-state index in [1.807, 2.05) is 21.0 Å². The highest BCUT2D eigenvalue weighted by molar-refractivity contribution is 4.49. The maximum Gasteiger partial charge on any atom is 0.0537 e. The second kappa shape index (κ2) is 12.6. The van der Waals surface area contributed by atoms with Gasteiger partial charge in [0.1, 0.15) is 0 Å². The van der Waals surface area contributed by atoms with E-state index in [4.69, 9.17) is 5.11 Å². The third-order valence-corrected chi connectivity index (χ3v) is 1.36. The molecule has 0 bridgehead atoms. The van der Waals surface area contributed by atoms with Gasteiger partial charge in [-0.15, -0.1) is 0 Å². The fourth-order valence-electron chi connectivity index (χ4n) is 0.644. The van der Waals surface area contributed by atoms with Gasteiger partial charge in [0.25, 0.3) is 0 Å². The van der Waals surface area contributed by atoms with Crippen molar-refractivity contribution in [1.29, 1.82) is 0 Å². The van der Waals surface area contributed by atoms with Crippen molar-refractivity contribution in [3.8, 4) is 0 Å². The summed E-state index contributed by atoms with van der Waals surface area (Å²) in [6.07, 6.45) is 4.19. The van der Waals surface area contributed by atoms with Gasteiger partial charge in [-0.1, -0.05) is 26.7 Å². The number of rotatable bonds is 4. The van der Waals surface area contributed by atoms with E-state index in [2.05, 4.69) is 12.2 Å². The summed E-state index contributed by atoms with van der Waals surface area (Å²) < 4.78 is 0. The zero-order chi connectivity index (χ0) is 9.11. The molecule has 0 rings (SSSR count). The van der Waals surface area contributed by atoms with Crippen LogP contribution >= 0.6 is 0 Å². The summed E-state index contributed by atoms with van der Waals surface area (Å²) in [5.74, 6) is 0. The van der Waals surface area contributed by atoms with Crippen molar-refractivity contribution >= 4 is 0 Å². The SMILES string of the molecule is CCCCC(O)CC.CNC. The molecular weight excluding hydrogens is 138 g/mol. The first-order chi connectivity index (χ1) is 5.22. The van der Waals surface area contributed by atoms with Crippen molar-refractivity contribution in [1.82, 2.24) is 5.32 Å². The second-order valence-electron chi connectivity index (χ2n) is 2.70. The summed E-state index contributed by atoms with van der Waals surface area (Å²) in [5, 5.41) is 11.7. The Labute approximate surface area is 71.0 Å². The molecule has 1 unspecified atom stereocenters. The Balaban J connectivity index is 0. The van der Waals surface area contributed by atoms with Crippen molar-refractivity contribution < 1.29 is 5.11 Å². The first-order valence-corrected chi connectivity index (χ1v) is 4.49. The maximum absolute atomic E-state index is 8.99. The Hall–Kier alpha value is -0.0800. The molecule has 0 aromatic carbocycles. The molecule has 0 aromatic rings. The molecule has 70 valence electrons. The summed E-state index contributed by atoms with van der Waals surface area (Å²) in [5.41, 5.74) is 0. The number of nitrogens with one attached hydrogen (secondary N) is 1. The monoisotopic (exact) mass is 161 g/mol. The van der Waals surface area contributed by atoms with Gasteiger partial charge in [0, 0.05) is 0 Å². The molecule has 0 fully saturated rings. The van der Waals surface area contributed by atoms with Crippen LogP contribution in [-0.2, 0) is 0 Å². The standard InChI is InChI=1S/C7H16O.C2H7N/c1-3-5-6-7(8)4-2;1-3-2/h7-8H,3-6H2,1-2H3;3H,1-2H3. The molecule has 0 aliphatic heterocycles. The van der Waals surface area contributed by atoms with Gasteiger partial charge < -0.3 is 10.4 Å². The number of aliphatic hydroxyl groups is 1. The van der Waals surface area contributed by atoms with Gasteiger partial charge in [-0.25, -0.2) is 0 Å². The van der Waals surface area contributed by atoms with Crippen molar-refractivity contribution in [3.63, 3.8) is 0 Å². The number of hydrogen-bond donors (Lipinski definition) is 2. The molecule has 0 saturated heterocycles. The lowest BCUT2D eigenvalue weighted by atomic mass is 10.1. The van der Waals surface area contributed by atoms with E-state index in [-0.39, 0.29) is 6.10 Å². The Morgan fingerprint density at radius 3 is 2.00 bits per heavy atom. The molecule has 0 heterocycles. The van der Waals surface area contributed by atoms with Gasteiger partial charge in [0.15, 0.2) is 0 Å². The lowest BCUT2D eigenvalue weighted by Gasteiger charge is -2.03. The fourth-order valence-corrected chi connectivity index (χ4v) is 0.644. The number of unbranched alkanes of at least 4 members (excludes halogenated alkanes) is 1. The smallest absolute Gasteiger partial charge is 0.0537 e. The van der Waals surface area contributed by atoms with E-state index >= 15 is 0 Å². The van der Waals surface area contributed by atoms with Crippen LogP contribution in [0.15, 0.2) is 0 Å². The van der Waals surface area contributed by atoms with Crippen molar-refractivity contribution in [3.05, 3.63) is 0 Å². The molecule has 0 amide bonds. The Morgan fingerprint density at radius 2 is 1.73 bits per heavy atom. The molecule has 0 saturated carbocycles. The van der Waals surface area contributed by atoms with E-state index in [1.165, 1.54) is 6.42 Å². The topological polar surface area (TPSA) is 32.3 Å². The van der Waals surface area contributed by atoms with Crippen LogP contribution in [0.1, 0.15) is 39.5 Å². The summed E-state index contributed by atoms with van der Waals surface area (Å²) in [6, 6.07) is 0. The van der Waals surface area contributed by atoms with E-state index in [0.717, 1.165) is 19.3 Å². The fraction of sp³-hybridized carbons (Fsp3) is 1.00. The Bertz CT molecular complexity index is 57.5. The molecular formula is C9H23NO. The van der Waals surface area contributed by atoms with Crippen molar-refractivity contribution in [2.24, 2.45) is 0 Å². The molecule has 0 aromatic heterocycles. The Kier molecular flexibility index (Phi) is 15.4. The molecule has 0 radical (unpaired) electrons. The van der Waals surface area contributed by atoms with Gasteiger partial charge in [0.2, 0.25) is 0 Å². The normalized spacial score (nSPS) is 11.7. The minimum atomic E-state index is -0.0463. The third kappa shape index (κ3) is 17.8. The first-order valence-electron chi connectivity index (χ1n) is 4.49. The van der Waals surface area contributed by atoms with Crippen LogP contribution in [0.4, 0.5) is 0 Å². The highest BCUT2D eigenvalue weighted by atomic mass is 16.3. The van der Waals surface area contributed by atoms with Crippen LogP contribution in [0.3, 0.4) is 0 Å². The molecule has 2 heteroatoms. The molecule has 0 aliphatic carbocycles. The molecule has 2 nitrogen and oxygen atoms in total. The Morgan fingerprint density at radius 1 is 1.27 bits per heavy atom. The molecule has 0 aliphatic rings. The molecule has 2 N–H and O–H groups in total. The van der Waals surface area contributed by atoms with Crippen LogP contribution in [-0.4, -0.2) is 25.3 Å². The second-order valence-corrected chi connectivity index (χ2v) is 2.70. The summed E-state index contributed by atoms with van der Waals surface area (Å²) in [4.78, 5) is 0. The van der Waals surface area contributed by atoms with E-state index in [9.17, 15) is 0 Å². The van der Waals surface area contributed by atoms with Gasteiger partial charge in [-0.2, -0.15) is 0 Å². The highest BCUT2D eigenvalue weighted by Gasteiger charge is 1.96. The average Bonchev–Trinajstić information content (AvgIpc) is 2.02. The zero-order valence-corrected chi connectivity index (χ0v) is 8.35. The lowest BCUT2D eigenvalue weighted by Crippen LogP contribution is -2.02. The van der Waals surface area contributed by atoms with Crippen molar-refractivity contribution in [2.75, 3.05) is 14.1 Å². The summed E-state index contributed by atoms with van der Waals surface area (Å²) in [6.45, 7) is 4.16. The van der Waals surface area contributed by atoms with Crippen LogP contribution < -0.4 is 5.32 Å². The third-order valence-electron chi connectivity index (χ3n) is 1.36. The minimum absolute atomic E-state index is 0.0463. The first kappa shape index (κ1) is 13.5. The van der Waals surface area contributed by atoms with Gasteiger partial charge in [-0.05, 0) is 26.9 Å². The van der Waals surface area contributed by atoms with Crippen LogP contribution in [0.5, 0.6) is 0 Å². The molecule has 1 atom stereocenters. The largest absolute Gasteiger partial charge is 0.393 e. The highest BCUT2D eigenvalue weighted by Crippen LogP contribution is 2.02.